The van der Waals surface area contributed by atoms with Gasteiger partial charge in [-0.15, -0.1) is 12.4 Å². The van der Waals surface area contributed by atoms with Crippen LogP contribution in [0.4, 0.5) is 4.39 Å². The monoisotopic (exact) mass is 273 g/mol. The summed E-state index contributed by atoms with van der Waals surface area (Å²) in [6, 6.07) is 3.86. The molecule has 0 unspecified atom stereocenters. The summed E-state index contributed by atoms with van der Waals surface area (Å²) in [6.45, 7) is 1.33. The molecule has 0 bridgehead atoms. The number of nitrogens with one attached hydrogen (secondary N) is 1. The zero-order valence-electron chi connectivity index (χ0n) is 10.2. The first-order valence-corrected chi connectivity index (χ1v) is 5.55. The highest BCUT2D eigenvalue weighted by Gasteiger charge is 2.02. The van der Waals surface area contributed by atoms with Crippen LogP contribution in [0.3, 0.4) is 0 Å². The molecule has 1 N–H and O–H groups in total. The van der Waals surface area contributed by atoms with Crippen LogP contribution in [-0.2, 0) is 26.7 Å². The number of rotatable bonds is 6. The second kappa shape index (κ2) is 7.13. The van der Waals surface area contributed by atoms with Crippen molar-refractivity contribution >= 4 is 12.4 Å². The predicted octanol–water partition coefficient (Wildman–Crippen LogP) is 1.30. The molecule has 0 fully saturated rings. The molecule has 0 saturated heterocycles. The van der Waals surface area contributed by atoms with E-state index in [1.807, 2.05) is 23.9 Å². The van der Waals surface area contributed by atoms with Crippen molar-refractivity contribution in [3.05, 3.63) is 35.9 Å². The highest BCUT2D eigenvalue weighted by molar-refractivity contribution is 5.85. The molecule has 0 aliphatic carbocycles. The minimum atomic E-state index is -0.392. The average Bonchev–Trinajstić information content (AvgIpc) is 2.90. The van der Waals surface area contributed by atoms with Gasteiger partial charge in [0.1, 0.15) is 6.67 Å². The van der Waals surface area contributed by atoms with Crippen LogP contribution in [0.1, 0.15) is 11.4 Å². The van der Waals surface area contributed by atoms with Gasteiger partial charge in [-0.05, 0) is 12.1 Å². The number of aromatic nitrogens is 4. The Morgan fingerprint density at radius 3 is 2.50 bits per heavy atom. The van der Waals surface area contributed by atoms with Crippen molar-refractivity contribution in [2.24, 2.45) is 7.05 Å². The second-order valence-electron chi connectivity index (χ2n) is 3.78. The summed E-state index contributed by atoms with van der Waals surface area (Å²) >= 11 is 0. The lowest BCUT2D eigenvalue weighted by Gasteiger charge is -2.07. The first-order valence-electron chi connectivity index (χ1n) is 5.55. The molecule has 0 spiro atoms. The molecule has 0 saturated carbocycles. The van der Waals surface area contributed by atoms with Gasteiger partial charge in [-0.3, -0.25) is 9.36 Å². The lowest BCUT2D eigenvalue weighted by atomic mass is 10.4. The molecular formula is C11H17ClFN5. The summed E-state index contributed by atoms with van der Waals surface area (Å²) < 4.78 is 15.7. The van der Waals surface area contributed by atoms with Crippen molar-refractivity contribution in [2.45, 2.75) is 19.6 Å². The van der Waals surface area contributed by atoms with Crippen molar-refractivity contribution in [1.82, 2.24) is 24.9 Å². The van der Waals surface area contributed by atoms with Crippen LogP contribution in [0.25, 0.3) is 0 Å². The molecule has 0 aliphatic rings. The van der Waals surface area contributed by atoms with E-state index in [9.17, 15) is 4.39 Å². The van der Waals surface area contributed by atoms with Crippen LogP contribution >= 0.6 is 12.4 Å². The third-order valence-corrected chi connectivity index (χ3v) is 2.64. The number of halogens is 2. The first kappa shape index (κ1) is 14.7. The van der Waals surface area contributed by atoms with Crippen molar-refractivity contribution < 1.29 is 4.39 Å². The van der Waals surface area contributed by atoms with E-state index in [0.717, 1.165) is 17.9 Å². The van der Waals surface area contributed by atoms with Crippen LogP contribution < -0.4 is 5.32 Å². The summed E-state index contributed by atoms with van der Waals surface area (Å²) in [6.07, 6.45) is 3.46. The van der Waals surface area contributed by atoms with Gasteiger partial charge in [-0.2, -0.15) is 10.2 Å². The molecule has 2 aromatic rings. The topological polar surface area (TPSA) is 47.7 Å². The highest BCUT2D eigenvalue weighted by Crippen LogP contribution is 2.00. The molecule has 18 heavy (non-hydrogen) atoms. The molecule has 0 amide bonds. The van der Waals surface area contributed by atoms with Crippen molar-refractivity contribution in [3.63, 3.8) is 0 Å². The number of hydrogen-bond acceptors (Lipinski definition) is 3. The maximum absolute atomic E-state index is 12.2. The molecule has 0 aromatic carbocycles. The Labute approximate surface area is 111 Å². The van der Waals surface area contributed by atoms with Crippen LogP contribution in [0, 0.1) is 0 Å². The van der Waals surface area contributed by atoms with Gasteiger partial charge in [0.05, 0.1) is 17.9 Å². The maximum atomic E-state index is 12.2. The summed E-state index contributed by atoms with van der Waals surface area (Å²) in [5, 5.41) is 11.4. The van der Waals surface area contributed by atoms with E-state index in [4.69, 9.17) is 0 Å². The van der Waals surface area contributed by atoms with E-state index in [0.29, 0.717) is 13.1 Å². The van der Waals surface area contributed by atoms with Gasteiger partial charge < -0.3 is 5.32 Å². The molecule has 2 aromatic heterocycles. The summed E-state index contributed by atoms with van der Waals surface area (Å²) in [5.41, 5.74) is 2.10. The van der Waals surface area contributed by atoms with Gasteiger partial charge in [0, 0.05) is 32.5 Å². The molecule has 2 rings (SSSR count). The molecule has 5 nitrogen and oxygen atoms in total. The Morgan fingerprint density at radius 1 is 1.17 bits per heavy atom. The molecular weight excluding hydrogens is 257 g/mol. The maximum Gasteiger partial charge on any atom is 0.109 e. The van der Waals surface area contributed by atoms with Crippen molar-refractivity contribution in [2.75, 3.05) is 6.67 Å². The summed E-state index contributed by atoms with van der Waals surface area (Å²) in [4.78, 5) is 0. The summed E-state index contributed by atoms with van der Waals surface area (Å²) in [5.74, 6) is 0. The summed E-state index contributed by atoms with van der Waals surface area (Å²) in [7, 11) is 1.91. The number of alkyl halides is 1. The quantitative estimate of drug-likeness (QED) is 0.863. The molecule has 7 heteroatoms. The number of hydrogen-bond donors (Lipinski definition) is 1. The van der Waals surface area contributed by atoms with E-state index >= 15 is 0 Å². The van der Waals surface area contributed by atoms with E-state index in [1.165, 1.54) is 0 Å². The van der Waals surface area contributed by atoms with Gasteiger partial charge in [0.2, 0.25) is 0 Å². The molecule has 2 heterocycles. The standard InChI is InChI=1S/C11H16FN5.ClH/c1-16-10(2-5-14-16)8-13-9-11-3-6-15-17(11)7-4-12;/h2-3,5-6,13H,4,7-9H2,1H3;1H. The zero-order chi connectivity index (χ0) is 12.1. The van der Waals surface area contributed by atoms with Gasteiger partial charge in [0.25, 0.3) is 0 Å². The van der Waals surface area contributed by atoms with Gasteiger partial charge >= 0.3 is 0 Å². The Kier molecular flexibility index (Phi) is 5.80. The third kappa shape index (κ3) is 3.54. The lowest BCUT2D eigenvalue weighted by Crippen LogP contribution is -2.18. The van der Waals surface area contributed by atoms with E-state index in [2.05, 4.69) is 15.5 Å². The second-order valence-corrected chi connectivity index (χ2v) is 3.78. The van der Waals surface area contributed by atoms with Crippen LogP contribution in [0.5, 0.6) is 0 Å². The minimum Gasteiger partial charge on any atom is -0.306 e. The van der Waals surface area contributed by atoms with Gasteiger partial charge in [0.15, 0.2) is 0 Å². The SMILES string of the molecule is Cl.Cn1nccc1CNCc1ccnn1CCF. The molecule has 0 aliphatic heterocycles. The Morgan fingerprint density at radius 2 is 1.83 bits per heavy atom. The Hall–Kier alpha value is -1.40. The van der Waals surface area contributed by atoms with Gasteiger partial charge in [-0.1, -0.05) is 0 Å². The Bertz CT molecular complexity index is 467. The normalized spacial score (nSPS) is 10.3. The Balaban J connectivity index is 0.00000162. The third-order valence-electron chi connectivity index (χ3n) is 2.64. The molecule has 0 radical (unpaired) electrons. The molecule has 100 valence electrons. The van der Waals surface area contributed by atoms with Crippen molar-refractivity contribution in [1.29, 1.82) is 0 Å². The van der Waals surface area contributed by atoms with E-state index in [-0.39, 0.29) is 12.4 Å². The lowest BCUT2D eigenvalue weighted by molar-refractivity contribution is 0.416. The number of aryl methyl sites for hydroxylation is 2. The van der Waals surface area contributed by atoms with Crippen LogP contribution in [0.15, 0.2) is 24.5 Å². The highest BCUT2D eigenvalue weighted by atomic mass is 35.5. The molecule has 0 atom stereocenters. The first-order chi connectivity index (χ1) is 8.31. The fourth-order valence-corrected chi connectivity index (χ4v) is 1.68. The smallest absolute Gasteiger partial charge is 0.109 e. The minimum absolute atomic E-state index is 0. The van der Waals surface area contributed by atoms with E-state index < -0.39 is 6.67 Å². The fraction of sp³-hybridized carbons (Fsp3) is 0.455. The van der Waals surface area contributed by atoms with Crippen LogP contribution in [-0.4, -0.2) is 26.2 Å². The fourth-order valence-electron chi connectivity index (χ4n) is 1.68. The average molecular weight is 274 g/mol. The van der Waals surface area contributed by atoms with Gasteiger partial charge in [-0.25, -0.2) is 4.39 Å². The van der Waals surface area contributed by atoms with Crippen molar-refractivity contribution in [3.8, 4) is 0 Å². The number of nitrogens with zero attached hydrogens (tertiary/aromatic N) is 4. The largest absolute Gasteiger partial charge is 0.306 e. The zero-order valence-corrected chi connectivity index (χ0v) is 11.0. The van der Waals surface area contributed by atoms with E-state index in [1.54, 1.807) is 17.1 Å². The van der Waals surface area contributed by atoms with Crippen LogP contribution in [0.2, 0.25) is 0 Å². The predicted molar refractivity (Wildman–Crippen MR) is 69.2 cm³/mol.